The van der Waals surface area contributed by atoms with Gasteiger partial charge in [0.2, 0.25) is 11.8 Å². The fourth-order valence-corrected chi connectivity index (χ4v) is 3.54. The van der Waals surface area contributed by atoms with Crippen LogP contribution in [0.5, 0.6) is 0 Å². The number of nitrogens with zero attached hydrogens (tertiary/aromatic N) is 3. The van der Waals surface area contributed by atoms with Gasteiger partial charge in [-0.1, -0.05) is 25.1 Å². The van der Waals surface area contributed by atoms with E-state index in [1.807, 2.05) is 35.2 Å². The van der Waals surface area contributed by atoms with Gasteiger partial charge in [0, 0.05) is 31.1 Å². The molecule has 0 bridgehead atoms. The number of amides is 2. The van der Waals surface area contributed by atoms with Crippen molar-refractivity contribution in [1.82, 2.24) is 19.7 Å². The van der Waals surface area contributed by atoms with Crippen LogP contribution in [-0.4, -0.2) is 44.6 Å². The van der Waals surface area contributed by atoms with Crippen LogP contribution in [0, 0.1) is 10.7 Å². The molecule has 1 saturated heterocycles. The van der Waals surface area contributed by atoms with Crippen molar-refractivity contribution < 1.29 is 9.59 Å². The van der Waals surface area contributed by atoms with Crippen LogP contribution >= 0.6 is 12.2 Å². The van der Waals surface area contributed by atoms with Crippen molar-refractivity contribution in [1.29, 1.82) is 0 Å². The van der Waals surface area contributed by atoms with Gasteiger partial charge < -0.3 is 10.2 Å². The number of hydrogen-bond acceptors (Lipinski definition) is 4. The van der Waals surface area contributed by atoms with Gasteiger partial charge in [-0.3, -0.25) is 19.3 Å². The lowest BCUT2D eigenvalue weighted by atomic mass is 9.95. The molecular weight excluding hydrogens is 362 g/mol. The normalized spacial score (nSPS) is 14.9. The molecule has 0 radical (unpaired) electrons. The first-order chi connectivity index (χ1) is 13.1. The zero-order valence-corrected chi connectivity index (χ0v) is 16.3. The van der Waals surface area contributed by atoms with E-state index in [0.29, 0.717) is 30.7 Å². The third kappa shape index (κ3) is 4.82. The Balaban J connectivity index is 1.53. The van der Waals surface area contributed by atoms with Crippen molar-refractivity contribution in [3.05, 3.63) is 40.9 Å². The number of piperidine rings is 1. The molecule has 0 unspecified atom stereocenters. The predicted octanol–water partition coefficient (Wildman–Crippen LogP) is 2.77. The molecular formula is C19H25N5O2S. The first-order valence-electron chi connectivity index (χ1n) is 9.36. The molecule has 7 nitrogen and oxygen atoms in total. The average molecular weight is 388 g/mol. The van der Waals surface area contributed by atoms with Crippen LogP contribution in [0.2, 0.25) is 0 Å². The minimum Gasteiger partial charge on any atom is -0.341 e. The molecule has 3 rings (SSSR count). The molecule has 1 fully saturated rings. The second-order valence-electron chi connectivity index (χ2n) is 6.79. The number of aromatic amines is 1. The highest BCUT2D eigenvalue weighted by Crippen LogP contribution is 2.20. The molecule has 2 heterocycles. The van der Waals surface area contributed by atoms with Crippen molar-refractivity contribution in [3.63, 3.8) is 0 Å². The summed E-state index contributed by atoms with van der Waals surface area (Å²) in [5, 5.41) is 9.92. The number of carbonyl (C=O) groups is 2. The number of H-pyrrole nitrogens is 1. The van der Waals surface area contributed by atoms with Gasteiger partial charge in [-0.15, -0.1) is 0 Å². The van der Waals surface area contributed by atoms with E-state index in [2.05, 4.69) is 22.4 Å². The number of benzene rings is 1. The summed E-state index contributed by atoms with van der Waals surface area (Å²) in [7, 11) is 0. The van der Waals surface area contributed by atoms with Crippen LogP contribution < -0.4 is 5.32 Å². The monoisotopic (exact) mass is 387 g/mol. The number of nitrogens with one attached hydrogen (secondary N) is 2. The SMILES string of the molecule is CCCc1n[nH]c(=S)n1CC(=O)N1CCC(C(=O)Nc2ccccc2)CC1. The molecule has 8 heteroatoms. The fraction of sp³-hybridized carbons (Fsp3) is 0.474. The molecule has 1 aliphatic heterocycles. The van der Waals surface area contributed by atoms with Gasteiger partial charge in [0.25, 0.3) is 0 Å². The van der Waals surface area contributed by atoms with Gasteiger partial charge in [-0.2, -0.15) is 5.10 Å². The maximum Gasteiger partial charge on any atom is 0.242 e. The van der Waals surface area contributed by atoms with Crippen LogP contribution in [0.4, 0.5) is 5.69 Å². The Hall–Kier alpha value is -2.48. The summed E-state index contributed by atoms with van der Waals surface area (Å²) in [6.45, 7) is 3.43. The largest absolute Gasteiger partial charge is 0.341 e. The van der Waals surface area contributed by atoms with Gasteiger partial charge in [-0.25, -0.2) is 0 Å². The highest BCUT2D eigenvalue weighted by molar-refractivity contribution is 7.71. The molecule has 1 aromatic carbocycles. The van der Waals surface area contributed by atoms with E-state index in [1.165, 1.54) is 0 Å². The van der Waals surface area contributed by atoms with Crippen LogP contribution in [0.25, 0.3) is 0 Å². The molecule has 1 aromatic heterocycles. The number of aryl methyl sites for hydroxylation is 1. The van der Waals surface area contributed by atoms with Crippen molar-refractivity contribution in [3.8, 4) is 0 Å². The first-order valence-corrected chi connectivity index (χ1v) is 9.77. The van der Waals surface area contributed by atoms with Crippen LogP contribution in [0.3, 0.4) is 0 Å². The lowest BCUT2D eigenvalue weighted by molar-refractivity contribution is -0.135. The summed E-state index contributed by atoms with van der Waals surface area (Å²) < 4.78 is 2.25. The maximum atomic E-state index is 12.7. The summed E-state index contributed by atoms with van der Waals surface area (Å²) in [5.41, 5.74) is 0.804. The summed E-state index contributed by atoms with van der Waals surface area (Å²) in [4.78, 5) is 26.9. The minimum atomic E-state index is -0.0685. The third-order valence-electron chi connectivity index (χ3n) is 4.86. The number of carbonyl (C=O) groups excluding carboxylic acids is 2. The molecule has 0 spiro atoms. The van der Waals surface area contributed by atoms with E-state index in [9.17, 15) is 9.59 Å². The average Bonchev–Trinajstić information content (AvgIpc) is 3.03. The van der Waals surface area contributed by atoms with Gasteiger partial charge in [-0.05, 0) is 43.6 Å². The minimum absolute atomic E-state index is 0.0202. The topological polar surface area (TPSA) is 83.0 Å². The van der Waals surface area contributed by atoms with E-state index in [0.717, 1.165) is 24.4 Å². The number of para-hydroxylation sites is 1. The Labute approximate surface area is 163 Å². The van der Waals surface area contributed by atoms with Crippen molar-refractivity contribution in [2.24, 2.45) is 5.92 Å². The second kappa shape index (κ2) is 8.94. The van der Waals surface area contributed by atoms with Crippen molar-refractivity contribution >= 4 is 29.7 Å². The zero-order valence-electron chi connectivity index (χ0n) is 15.5. The van der Waals surface area contributed by atoms with Crippen LogP contribution in [-0.2, 0) is 22.6 Å². The summed E-state index contributed by atoms with van der Waals surface area (Å²) in [6, 6.07) is 9.45. The zero-order chi connectivity index (χ0) is 19.2. The standard InChI is InChI=1S/C19H25N5O2S/c1-2-6-16-21-22-19(27)24(16)13-17(25)23-11-9-14(10-12-23)18(26)20-15-7-4-3-5-8-15/h3-5,7-8,14H,2,6,9-13H2,1H3,(H,20,26)(H,22,27). The molecule has 1 aliphatic rings. The van der Waals surface area contributed by atoms with E-state index in [-0.39, 0.29) is 24.3 Å². The molecule has 2 aromatic rings. The second-order valence-corrected chi connectivity index (χ2v) is 7.18. The van der Waals surface area contributed by atoms with E-state index >= 15 is 0 Å². The quantitative estimate of drug-likeness (QED) is 0.747. The molecule has 2 N–H and O–H groups in total. The van der Waals surface area contributed by atoms with E-state index < -0.39 is 0 Å². The predicted molar refractivity (Wildman–Crippen MR) is 106 cm³/mol. The highest BCUT2D eigenvalue weighted by Gasteiger charge is 2.27. The smallest absolute Gasteiger partial charge is 0.242 e. The van der Waals surface area contributed by atoms with Crippen molar-refractivity contribution in [2.45, 2.75) is 39.2 Å². The lowest BCUT2D eigenvalue weighted by Crippen LogP contribution is -2.42. The number of rotatable bonds is 6. The van der Waals surface area contributed by atoms with Gasteiger partial charge >= 0.3 is 0 Å². The van der Waals surface area contributed by atoms with Gasteiger partial charge in [0.15, 0.2) is 4.77 Å². The number of hydrogen-bond donors (Lipinski definition) is 2. The van der Waals surface area contributed by atoms with Gasteiger partial charge in [0.1, 0.15) is 12.4 Å². The number of likely N-dealkylation sites (tertiary alicyclic amines) is 1. The van der Waals surface area contributed by atoms with Crippen molar-refractivity contribution in [2.75, 3.05) is 18.4 Å². The third-order valence-corrected chi connectivity index (χ3v) is 5.18. The Kier molecular flexibility index (Phi) is 6.39. The Bertz CT molecular complexity index is 837. The molecule has 0 saturated carbocycles. The molecule has 2 amide bonds. The Morgan fingerprint density at radius 1 is 1.26 bits per heavy atom. The lowest BCUT2D eigenvalue weighted by Gasteiger charge is -2.31. The van der Waals surface area contributed by atoms with Crippen LogP contribution in [0.1, 0.15) is 32.0 Å². The van der Waals surface area contributed by atoms with E-state index in [1.54, 1.807) is 4.57 Å². The maximum absolute atomic E-state index is 12.7. The molecule has 27 heavy (non-hydrogen) atoms. The number of aromatic nitrogens is 3. The first kappa shape index (κ1) is 19.3. The number of anilines is 1. The summed E-state index contributed by atoms with van der Waals surface area (Å²) in [5.74, 6) is 0.788. The summed E-state index contributed by atoms with van der Waals surface area (Å²) in [6.07, 6.45) is 3.06. The van der Waals surface area contributed by atoms with E-state index in [4.69, 9.17) is 12.2 Å². The Morgan fingerprint density at radius 3 is 2.63 bits per heavy atom. The van der Waals surface area contributed by atoms with Crippen LogP contribution in [0.15, 0.2) is 30.3 Å². The fourth-order valence-electron chi connectivity index (χ4n) is 3.32. The highest BCUT2D eigenvalue weighted by atomic mass is 32.1. The Morgan fingerprint density at radius 2 is 1.96 bits per heavy atom. The summed E-state index contributed by atoms with van der Waals surface area (Å²) >= 11 is 5.24. The molecule has 144 valence electrons. The van der Waals surface area contributed by atoms with Gasteiger partial charge in [0.05, 0.1) is 0 Å². The molecule has 0 atom stereocenters. The molecule has 0 aliphatic carbocycles.